The van der Waals surface area contributed by atoms with Gasteiger partial charge < -0.3 is 5.11 Å². The smallest absolute Gasteiger partial charge is 0.265 e. The van der Waals surface area contributed by atoms with E-state index in [1.165, 1.54) is 4.57 Å². The summed E-state index contributed by atoms with van der Waals surface area (Å²) in [5.74, 6) is -0.162. The maximum atomic E-state index is 13.1. The summed E-state index contributed by atoms with van der Waals surface area (Å²) in [7, 11) is 0. The number of benzene rings is 2. The van der Waals surface area contributed by atoms with Crippen LogP contribution in [0.3, 0.4) is 0 Å². The minimum atomic E-state index is -0.753. The van der Waals surface area contributed by atoms with Crippen LogP contribution in [0, 0.1) is 18.3 Å². The minimum absolute atomic E-state index is 0.162. The summed E-state index contributed by atoms with van der Waals surface area (Å²) in [6.45, 7) is 1.97. The van der Waals surface area contributed by atoms with E-state index in [2.05, 4.69) is 11.1 Å². The van der Waals surface area contributed by atoms with E-state index in [-0.39, 0.29) is 11.4 Å². The summed E-state index contributed by atoms with van der Waals surface area (Å²) >= 11 is 0. The molecule has 0 spiro atoms. The predicted molar refractivity (Wildman–Crippen MR) is 115 cm³/mol. The molecule has 0 amide bonds. The number of hydrogen-bond donors (Lipinski definition) is 1. The normalized spacial score (nSPS) is 16.1. The molecule has 1 N–H and O–H groups in total. The molecule has 0 unspecified atom stereocenters. The van der Waals surface area contributed by atoms with E-state index in [1.807, 2.05) is 37.3 Å². The Balaban J connectivity index is 1.94. The van der Waals surface area contributed by atoms with Gasteiger partial charge in [0.1, 0.15) is 5.54 Å². The van der Waals surface area contributed by atoms with Gasteiger partial charge in [0.2, 0.25) is 5.88 Å². The third-order valence-electron chi connectivity index (χ3n) is 5.73. The fourth-order valence-electron chi connectivity index (χ4n) is 4.02. The van der Waals surface area contributed by atoms with Crippen LogP contribution in [0.1, 0.15) is 43.2 Å². The monoisotopic (exact) mass is 385 g/mol. The Kier molecular flexibility index (Phi) is 4.94. The van der Waals surface area contributed by atoms with Crippen molar-refractivity contribution in [1.29, 1.82) is 5.26 Å². The van der Waals surface area contributed by atoms with Crippen molar-refractivity contribution in [3.63, 3.8) is 0 Å². The molecule has 2 aromatic carbocycles. The Labute approximate surface area is 169 Å². The number of aromatic hydroxyl groups is 1. The SMILES string of the molecule is Cc1ccc(-n2c(O)c(C=NC3(C#N)CCCCC3)c3ccccc3c2=O)cc1. The number of hydrogen-bond acceptors (Lipinski definition) is 4. The van der Waals surface area contributed by atoms with Crippen LogP contribution in [0.4, 0.5) is 0 Å². The highest BCUT2D eigenvalue weighted by atomic mass is 16.3. The van der Waals surface area contributed by atoms with Gasteiger partial charge in [0.05, 0.1) is 17.3 Å². The first-order valence-electron chi connectivity index (χ1n) is 9.95. The number of aryl methyl sites for hydroxylation is 1. The fourth-order valence-corrected chi connectivity index (χ4v) is 4.02. The Morgan fingerprint density at radius 3 is 2.38 bits per heavy atom. The van der Waals surface area contributed by atoms with Gasteiger partial charge in [-0.1, -0.05) is 42.3 Å². The molecule has 5 nitrogen and oxygen atoms in total. The van der Waals surface area contributed by atoms with Gasteiger partial charge in [-0.3, -0.25) is 9.79 Å². The third kappa shape index (κ3) is 3.42. The first-order valence-corrected chi connectivity index (χ1v) is 9.95. The lowest BCUT2D eigenvalue weighted by molar-refractivity contribution is 0.370. The van der Waals surface area contributed by atoms with Gasteiger partial charge in [0, 0.05) is 17.0 Å². The second kappa shape index (κ2) is 7.56. The van der Waals surface area contributed by atoms with Gasteiger partial charge in [-0.2, -0.15) is 5.26 Å². The van der Waals surface area contributed by atoms with Gasteiger partial charge >= 0.3 is 0 Å². The van der Waals surface area contributed by atoms with Crippen molar-refractivity contribution in [3.05, 3.63) is 70.0 Å². The molecule has 1 saturated carbocycles. The van der Waals surface area contributed by atoms with Crippen LogP contribution in [0.15, 0.2) is 58.3 Å². The number of aliphatic imine (C=N–C) groups is 1. The molecule has 0 bridgehead atoms. The molecule has 1 aliphatic carbocycles. The summed E-state index contributed by atoms with van der Waals surface area (Å²) in [5.41, 5.74) is 1.08. The molecule has 1 aromatic heterocycles. The average molecular weight is 385 g/mol. The zero-order chi connectivity index (χ0) is 20.4. The zero-order valence-electron chi connectivity index (χ0n) is 16.4. The topological polar surface area (TPSA) is 78.4 Å². The molecule has 5 heteroatoms. The van der Waals surface area contributed by atoms with Crippen molar-refractivity contribution in [2.24, 2.45) is 4.99 Å². The van der Waals surface area contributed by atoms with Crippen molar-refractivity contribution in [3.8, 4) is 17.6 Å². The molecule has 0 aliphatic heterocycles. The number of rotatable bonds is 3. The molecule has 29 heavy (non-hydrogen) atoms. The van der Waals surface area contributed by atoms with Crippen LogP contribution >= 0.6 is 0 Å². The molecule has 146 valence electrons. The molecule has 1 aliphatic rings. The Morgan fingerprint density at radius 2 is 1.72 bits per heavy atom. The van der Waals surface area contributed by atoms with E-state index >= 15 is 0 Å². The molecule has 0 saturated heterocycles. The van der Waals surface area contributed by atoms with E-state index < -0.39 is 5.54 Å². The van der Waals surface area contributed by atoms with Gasteiger partial charge in [-0.05, 0) is 50.8 Å². The number of pyridine rings is 1. The lowest BCUT2D eigenvalue weighted by Gasteiger charge is -2.26. The third-order valence-corrected chi connectivity index (χ3v) is 5.73. The number of aromatic nitrogens is 1. The molecule has 0 radical (unpaired) electrons. The van der Waals surface area contributed by atoms with Crippen LogP contribution in [0.5, 0.6) is 5.88 Å². The maximum absolute atomic E-state index is 13.1. The largest absolute Gasteiger partial charge is 0.494 e. The van der Waals surface area contributed by atoms with E-state index in [9.17, 15) is 15.2 Å². The van der Waals surface area contributed by atoms with Crippen LogP contribution in [0.2, 0.25) is 0 Å². The van der Waals surface area contributed by atoms with Gasteiger partial charge in [0.25, 0.3) is 5.56 Å². The van der Waals surface area contributed by atoms with E-state index in [1.54, 1.807) is 24.4 Å². The zero-order valence-corrected chi connectivity index (χ0v) is 16.4. The Hall–Kier alpha value is -3.39. The average Bonchev–Trinajstić information content (AvgIpc) is 2.76. The molecule has 1 heterocycles. The van der Waals surface area contributed by atoms with Crippen LogP contribution < -0.4 is 5.56 Å². The molecular formula is C24H23N3O2. The molecule has 3 aromatic rings. The standard InChI is InChI=1S/C24H23N3O2/c1-17-9-11-18(12-10-17)27-22(28)20-8-4-3-7-19(20)21(23(27)29)15-26-24(16-25)13-5-2-6-14-24/h3-4,7-12,15,29H,2,5-6,13-14H2,1H3. The molecule has 0 atom stereocenters. The highest BCUT2D eigenvalue weighted by Crippen LogP contribution is 2.32. The van der Waals surface area contributed by atoms with Crippen molar-refractivity contribution in [1.82, 2.24) is 4.57 Å². The summed E-state index contributed by atoms with van der Waals surface area (Å²) in [6, 6.07) is 17.0. The van der Waals surface area contributed by atoms with Gasteiger partial charge in [-0.15, -0.1) is 0 Å². The lowest BCUT2D eigenvalue weighted by atomic mass is 9.83. The van der Waals surface area contributed by atoms with Crippen molar-refractivity contribution < 1.29 is 5.11 Å². The quantitative estimate of drug-likeness (QED) is 0.667. The predicted octanol–water partition coefficient (Wildman–Crippen LogP) is 4.65. The fraction of sp³-hybridized carbons (Fsp3) is 0.292. The second-order valence-corrected chi connectivity index (χ2v) is 7.72. The van der Waals surface area contributed by atoms with Crippen LogP contribution in [0.25, 0.3) is 16.5 Å². The Morgan fingerprint density at radius 1 is 1.07 bits per heavy atom. The second-order valence-electron chi connectivity index (χ2n) is 7.72. The molecular weight excluding hydrogens is 362 g/mol. The Bertz CT molecular complexity index is 1180. The number of fused-ring (bicyclic) bond motifs is 1. The van der Waals surface area contributed by atoms with Crippen LogP contribution in [-0.4, -0.2) is 21.4 Å². The first kappa shape index (κ1) is 18.9. The highest BCUT2D eigenvalue weighted by Gasteiger charge is 2.31. The van der Waals surface area contributed by atoms with E-state index in [4.69, 9.17) is 0 Å². The van der Waals surface area contributed by atoms with Crippen molar-refractivity contribution in [2.75, 3.05) is 0 Å². The highest BCUT2D eigenvalue weighted by molar-refractivity contribution is 6.01. The molecule has 1 fully saturated rings. The minimum Gasteiger partial charge on any atom is -0.494 e. The first-order chi connectivity index (χ1) is 14.0. The summed E-state index contributed by atoms with van der Waals surface area (Å²) in [6.07, 6.45) is 6.08. The van der Waals surface area contributed by atoms with Gasteiger partial charge in [0.15, 0.2) is 0 Å². The number of nitrogens with zero attached hydrogens (tertiary/aromatic N) is 3. The van der Waals surface area contributed by atoms with Crippen LogP contribution in [-0.2, 0) is 0 Å². The molecule has 4 rings (SSSR count). The summed E-state index contributed by atoms with van der Waals surface area (Å²) in [5, 5.41) is 21.9. The van der Waals surface area contributed by atoms with E-state index in [0.29, 0.717) is 22.0 Å². The number of nitriles is 1. The lowest BCUT2D eigenvalue weighted by Crippen LogP contribution is -2.27. The van der Waals surface area contributed by atoms with Crippen molar-refractivity contribution in [2.45, 2.75) is 44.6 Å². The maximum Gasteiger partial charge on any atom is 0.265 e. The summed E-state index contributed by atoms with van der Waals surface area (Å²) < 4.78 is 1.31. The summed E-state index contributed by atoms with van der Waals surface area (Å²) in [4.78, 5) is 17.7. The van der Waals surface area contributed by atoms with Gasteiger partial charge in [-0.25, -0.2) is 4.57 Å². The van der Waals surface area contributed by atoms with E-state index in [0.717, 1.165) is 37.7 Å². The van der Waals surface area contributed by atoms with Crippen molar-refractivity contribution >= 4 is 17.0 Å².